The lowest BCUT2D eigenvalue weighted by Crippen LogP contribution is -2.07. The molecule has 0 heterocycles. The van der Waals surface area contributed by atoms with Crippen molar-refractivity contribution in [3.05, 3.63) is 35.2 Å². The first-order valence-electron chi connectivity index (χ1n) is 6.53. The van der Waals surface area contributed by atoms with Crippen molar-refractivity contribution in [3.63, 3.8) is 0 Å². The largest absolute Gasteiger partial charge is 0.496 e. The Hall–Kier alpha value is -2.15. The summed E-state index contributed by atoms with van der Waals surface area (Å²) < 4.78 is 11.1. The second-order valence-corrected chi connectivity index (χ2v) is 5.19. The fraction of sp³-hybridized carbons (Fsp3) is 0.438. The molecule has 4 nitrogen and oxygen atoms in total. The maximum absolute atomic E-state index is 9.15. The van der Waals surface area contributed by atoms with E-state index in [9.17, 15) is 0 Å². The van der Waals surface area contributed by atoms with Crippen molar-refractivity contribution >= 4 is 0 Å². The monoisotopic (exact) mass is 274 g/mol. The lowest BCUT2D eigenvalue weighted by atomic mass is 9.99. The number of nitrogens with zero attached hydrogens (tertiary/aromatic N) is 2. The molecule has 108 valence electrons. The Morgan fingerprint density at radius 3 is 2.40 bits per heavy atom. The molecule has 0 unspecified atom stereocenters. The first kappa shape index (κ1) is 15.9. The van der Waals surface area contributed by atoms with E-state index in [2.05, 4.69) is 19.9 Å². The van der Waals surface area contributed by atoms with Crippen LogP contribution in [-0.4, -0.2) is 26.1 Å². The molecule has 0 bridgehead atoms. The van der Waals surface area contributed by atoms with Crippen LogP contribution in [0.2, 0.25) is 0 Å². The predicted molar refractivity (Wildman–Crippen MR) is 79.8 cm³/mol. The molecule has 1 aromatic rings. The van der Waals surface area contributed by atoms with Crippen LogP contribution in [0.15, 0.2) is 24.1 Å². The third-order valence-electron chi connectivity index (χ3n) is 2.85. The van der Waals surface area contributed by atoms with Gasteiger partial charge in [0.05, 0.1) is 13.3 Å². The molecule has 20 heavy (non-hydrogen) atoms. The summed E-state index contributed by atoms with van der Waals surface area (Å²) >= 11 is 0. The molecule has 0 saturated carbocycles. The van der Waals surface area contributed by atoms with Crippen molar-refractivity contribution < 1.29 is 9.47 Å². The maximum atomic E-state index is 9.15. The number of hydrogen-bond acceptors (Lipinski definition) is 4. The van der Waals surface area contributed by atoms with Gasteiger partial charge in [0.1, 0.15) is 17.6 Å². The van der Waals surface area contributed by atoms with Crippen LogP contribution in [0, 0.1) is 18.3 Å². The van der Waals surface area contributed by atoms with Crippen LogP contribution < -0.4 is 9.47 Å². The van der Waals surface area contributed by atoms with Gasteiger partial charge < -0.3 is 14.4 Å². The van der Waals surface area contributed by atoms with Crippen molar-refractivity contribution in [1.82, 2.24) is 4.90 Å². The van der Waals surface area contributed by atoms with Gasteiger partial charge in [-0.3, -0.25) is 0 Å². The molecule has 0 aliphatic heterocycles. The summed E-state index contributed by atoms with van der Waals surface area (Å²) in [4.78, 5) is 1.78. The molecular formula is C16H22N2O2. The summed E-state index contributed by atoms with van der Waals surface area (Å²) in [7, 11) is 5.32. The van der Waals surface area contributed by atoms with Gasteiger partial charge in [-0.05, 0) is 30.0 Å². The van der Waals surface area contributed by atoms with Gasteiger partial charge in [0, 0.05) is 20.2 Å². The topological polar surface area (TPSA) is 45.5 Å². The van der Waals surface area contributed by atoms with Crippen LogP contribution in [0.3, 0.4) is 0 Å². The lowest BCUT2D eigenvalue weighted by Gasteiger charge is -2.17. The molecule has 0 aromatic heterocycles. The predicted octanol–water partition coefficient (Wildman–Crippen LogP) is 3.43. The molecule has 4 heteroatoms. The lowest BCUT2D eigenvalue weighted by molar-refractivity contribution is 0.394. The fourth-order valence-corrected chi connectivity index (χ4v) is 1.88. The van der Waals surface area contributed by atoms with Crippen molar-refractivity contribution in [1.29, 1.82) is 5.26 Å². The number of benzene rings is 1. The molecule has 1 rings (SSSR count). The zero-order chi connectivity index (χ0) is 15.3. The van der Waals surface area contributed by atoms with E-state index < -0.39 is 0 Å². The third-order valence-corrected chi connectivity index (χ3v) is 2.85. The van der Waals surface area contributed by atoms with E-state index in [1.165, 1.54) is 0 Å². The summed E-state index contributed by atoms with van der Waals surface area (Å²) in [5.74, 6) is 1.97. The fourth-order valence-electron chi connectivity index (χ4n) is 1.88. The minimum absolute atomic E-state index is 0.253. The molecule has 0 saturated heterocycles. The molecule has 1 aromatic carbocycles. The molecule has 0 atom stereocenters. The van der Waals surface area contributed by atoms with E-state index in [1.54, 1.807) is 18.2 Å². The Morgan fingerprint density at radius 1 is 1.30 bits per heavy atom. The normalized spacial score (nSPS) is 11.2. The van der Waals surface area contributed by atoms with Gasteiger partial charge in [-0.1, -0.05) is 13.8 Å². The first-order valence-corrected chi connectivity index (χ1v) is 6.53. The average molecular weight is 274 g/mol. The van der Waals surface area contributed by atoms with E-state index in [-0.39, 0.29) is 5.76 Å². The van der Waals surface area contributed by atoms with E-state index in [0.29, 0.717) is 11.7 Å². The van der Waals surface area contributed by atoms with Gasteiger partial charge in [0.2, 0.25) is 5.76 Å². The molecule has 0 radical (unpaired) electrons. The highest BCUT2D eigenvalue weighted by atomic mass is 16.5. The van der Waals surface area contributed by atoms with Gasteiger partial charge in [-0.2, -0.15) is 5.26 Å². The van der Waals surface area contributed by atoms with Gasteiger partial charge in [-0.25, -0.2) is 0 Å². The van der Waals surface area contributed by atoms with Gasteiger partial charge >= 0.3 is 0 Å². The number of ether oxygens (including phenoxy) is 2. The van der Waals surface area contributed by atoms with Crippen LogP contribution in [0.25, 0.3) is 0 Å². The van der Waals surface area contributed by atoms with E-state index in [1.807, 2.05) is 33.2 Å². The molecule has 0 aliphatic rings. The van der Waals surface area contributed by atoms with E-state index in [0.717, 1.165) is 16.9 Å². The van der Waals surface area contributed by atoms with E-state index >= 15 is 0 Å². The number of aryl methyl sites for hydroxylation is 1. The smallest absolute Gasteiger partial charge is 0.219 e. The zero-order valence-electron chi connectivity index (χ0n) is 13.0. The van der Waals surface area contributed by atoms with Crippen LogP contribution in [0.4, 0.5) is 0 Å². The number of allylic oxidation sites excluding steroid dienone is 1. The number of rotatable bonds is 5. The molecular weight excluding hydrogens is 252 g/mol. The third kappa shape index (κ3) is 3.92. The van der Waals surface area contributed by atoms with Gasteiger partial charge in [0.25, 0.3) is 0 Å². The number of nitriles is 1. The summed E-state index contributed by atoms with van der Waals surface area (Å²) in [5, 5.41) is 9.15. The van der Waals surface area contributed by atoms with Crippen LogP contribution in [0.5, 0.6) is 11.5 Å². The quantitative estimate of drug-likeness (QED) is 0.609. The van der Waals surface area contributed by atoms with Crippen molar-refractivity contribution in [3.8, 4) is 17.6 Å². The van der Waals surface area contributed by atoms with Crippen LogP contribution >= 0.6 is 0 Å². The van der Waals surface area contributed by atoms with Gasteiger partial charge in [-0.15, -0.1) is 0 Å². The minimum Gasteiger partial charge on any atom is -0.496 e. The molecule has 0 aliphatic carbocycles. The minimum atomic E-state index is 0.253. The Labute approximate surface area is 121 Å². The Kier molecular flexibility index (Phi) is 5.45. The molecule has 0 fully saturated rings. The Balaban J connectivity index is 3.25. The molecule has 0 N–H and O–H groups in total. The summed E-state index contributed by atoms with van der Waals surface area (Å²) in [6.07, 6.45) is 1.65. The van der Waals surface area contributed by atoms with Gasteiger partial charge in [0.15, 0.2) is 0 Å². The summed E-state index contributed by atoms with van der Waals surface area (Å²) in [6, 6.07) is 5.94. The molecule has 0 amide bonds. The highest BCUT2D eigenvalue weighted by Crippen LogP contribution is 2.34. The molecule has 0 spiro atoms. The zero-order valence-corrected chi connectivity index (χ0v) is 13.0. The van der Waals surface area contributed by atoms with Crippen molar-refractivity contribution in [2.75, 3.05) is 21.2 Å². The van der Waals surface area contributed by atoms with E-state index in [4.69, 9.17) is 14.7 Å². The maximum Gasteiger partial charge on any atom is 0.219 e. The standard InChI is InChI=1S/C16H22N2O2/c1-11(2)14-7-12(3)15(19-6)8-16(14)20-13(9-17)10-18(4)5/h7-8,10-11H,1-6H3/b13-10+. The number of methoxy groups -OCH3 is 1. The second kappa shape index (κ2) is 6.85. The van der Waals surface area contributed by atoms with Crippen LogP contribution in [-0.2, 0) is 0 Å². The second-order valence-electron chi connectivity index (χ2n) is 5.19. The van der Waals surface area contributed by atoms with Crippen molar-refractivity contribution in [2.24, 2.45) is 0 Å². The summed E-state index contributed by atoms with van der Waals surface area (Å²) in [6.45, 7) is 6.18. The summed E-state index contributed by atoms with van der Waals surface area (Å²) in [5.41, 5.74) is 2.11. The highest BCUT2D eigenvalue weighted by Gasteiger charge is 2.14. The van der Waals surface area contributed by atoms with Crippen LogP contribution in [0.1, 0.15) is 30.9 Å². The first-order chi connectivity index (χ1) is 9.38. The average Bonchev–Trinajstić information content (AvgIpc) is 2.38. The highest BCUT2D eigenvalue weighted by molar-refractivity contribution is 5.48. The SMILES string of the molecule is COc1cc(O/C(C#N)=C/N(C)C)c(C(C)C)cc1C. The number of hydrogen-bond donors (Lipinski definition) is 0. The Morgan fingerprint density at radius 2 is 1.95 bits per heavy atom. The Bertz CT molecular complexity index is 540. The van der Waals surface area contributed by atoms with Crippen molar-refractivity contribution in [2.45, 2.75) is 26.7 Å².